The molecule has 0 amide bonds. The first-order valence-corrected chi connectivity index (χ1v) is 6.59. The summed E-state index contributed by atoms with van der Waals surface area (Å²) >= 11 is 0. The molecule has 0 saturated carbocycles. The minimum absolute atomic E-state index is 0.0184. The Hall–Kier alpha value is -1.82. The van der Waals surface area contributed by atoms with Gasteiger partial charge >= 0.3 is 0 Å². The molecule has 20 heavy (non-hydrogen) atoms. The first-order valence-electron chi connectivity index (χ1n) is 6.59. The topological polar surface area (TPSA) is 73.6 Å². The van der Waals surface area contributed by atoms with E-state index in [1.54, 1.807) is 6.07 Å². The molecule has 0 radical (unpaired) electrons. The summed E-state index contributed by atoms with van der Waals surface area (Å²) in [6.07, 6.45) is 0. The zero-order valence-corrected chi connectivity index (χ0v) is 12.6. The zero-order valence-electron chi connectivity index (χ0n) is 12.6. The van der Waals surface area contributed by atoms with Crippen LogP contribution in [0.3, 0.4) is 0 Å². The molecule has 112 valence electrons. The van der Waals surface area contributed by atoms with Crippen molar-refractivity contribution in [3.05, 3.63) is 27.8 Å². The van der Waals surface area contributed by atoms with E-state index in [1.165, 1.54) is 20.3 Å². The summed E-state index contributed by atoms with van der Waals surface area (Å²) in [5.41, 5.74) is 0.695. The molecule has 0 spiro atoms. The summed E-state index contributed by atoms with van der Waals surface area (Å²) < 4.78 is 10.4. The Labute approximate surface area is 119 Å². The Bertz CT molecular complexity index is 476. The Morgan fingerprint density at radius 1 is 1.25 bits per heavy atom. The summed E-state index contributed by atoms with van der Waals surface area (Å²) in [6.45, 7) is 6.79. The molecule has 1 aromatic rings. The van der Waals surface area contributed by atoms with Crippen molar-refractivity contribution in [2.24, 2.45) is 0 Å². The third-order valence-electron chi connectivity index (χ3n) is 3.50. The third-order valence-corrected chi connectivity index (χ3v) is 3.50. The first kappa shape index (κ1) is 16.2. The SMILES string of the molecule is CCNC(C)C(C)c1cc(OC)c(OC)cc1[N+](=O)[O-]. The highest BCUT2D eigenvalue weighted by molar-refractivity contribution is 5.55. The van der Waals surface area contributed by atoms with Crippen molar-refractivity contribution in [2.75, 3.05) is 20.8 Å². The van der Waals surface area contributed by atoms with Gasteiger partial charge in [0, 0.05) is 17.5 Å². The summed E-state index contributed by atoms with van der Waals surface area (Å²) in [5, 5.41) is 14.5. The van der Waals surface area contributed by atoms with Gasteiger partial charge in [-0.3, -0.25) is 10.1 Å². The molecule has 0 bridgehead atoms. The molecule has 0 aliphatic carbocycles. The highest BCUT2D eigenvalue weighted by Crippen LogP contribution is 2.38. The second-order valence-electron chi connectivity index (χ2n) is 4.66. The molecule has 1 rings (SSSR count). The van der Waals surface area contributed by atoms with Gasteiger partial charge in [0.15, 0.2) is 11.5 Å². The van der Waals surface area contributed by atoms with Crippen LogP contribution in [0.5, 0.6) is 11.5 Å². The highest BCUT2D eigenvalue weighted by Gasteiger charge is 2.26. The van der Waals surface area contributed by atoms with E-state index in [0.717, 1.165) is 6.54 Å². The Morgan fingerprint density at radius 2 is 1.80 bits per heavy atom. The Morgan fingerprint density at radius 3 is 2.25 bits per heavy atom. The van der Waals surface area contributed by atoms with E-state index >= 15 is 0 Å². The fourth-order valence-corrected chi connectivity index (χ4v) is 2.17. The molecule has 6 nitrogen and oxygen atoms in total. The minimum Gasteiger partial charge on any atom is -0.493 e. The molecular weight excluding hydrogens is 260 g/mol. The van der Waals surface area contributed by atoms with E-state index in [-0.39, 0.29) is 22.6 Å². The van der Waals surface area contributed by atoms with Crippen molar-refractivity contribution in [3.8, 4) is 11.5 Å². The van der Waals surface area contributed by atoms with Crippen molar-refractivity contribution >= 4 is 5.69 Å². The summed E-state index contributed by atoms with van der Waals surface area (Å²) in [4.78, 5) is 10.9. The number of ether oxygens (including phenoxy) is 2. The second kappa shape index (κ2) is 7.09. The van der Waals surface area contributed by atoms with Crippen molar-refractivity contribution in [1.29, 1.82) is 0 Å². The molecule has 0 aliphatic rings. The van der Waals surface area contributed by atoms with E-state index in [9.17, 15) is 10.1 Å². The lowest BCUT2D eigenvalue weighted by molar-refractivity contribution is -0.385. The van der Waals surface area contributed by atoms with Gasteiger partial charge in [0.2, 0.25) is 0 Å². The van der Waals surface area contributed by atoms with Crippen LogP contribution < -0.4 is 14.8 Å². The number of hydrogen-bond acceptors (Lipinski definition) is 5. The Kier molecular flexibility index (Phi) is 5.76. The van der Waals surface area contributed by atoms with Crippen LogP contribution in [0.2, 0.25) is 0 Å². The molecule has 0 fully saturated rings. The molecule has 2 atom stereocenters. The van der Waals surface area contributed by atoms with E-state index in [0.29, 0.717) is 17.1 Å². The van der Waals surface area contributed by atoms with E-state index < -0.39 is 0 Å². The number of rotatable bonds is 7. The average Bonchev–Trinajstić information content (AvgIpc) is 2.44. The third kappa shape index (κ3) is 3.39. The van der Waals surface area contributed by atoms with Gasteiger partial charge in [-0.15, -0.1) is 0 Å². The lowest BCUT2D eigenvalue weighted by Gasteiger charge is -2.22. The molecule has 0 aliphatic heterocycles. The normalized spacial score (nSPS) is 13.7. The molecule has 0 aromatic heterocycles. The van der Waals surface area contributed by atoms with Gasteiger partial charge < -0.3 is 14.8 Å². The molecular formula is C14H22N2O4. The quantitative estimate of drug-likeness (QED) is 0.615. The number of hydrogen-bond donors (Lipinski definition) is 1. The number of benzene rings is 1. The summed E-state index contributed by atoms with van der Waals surface area (Å²) in [7, 11) is 2.98. The zero-order chi connectivity index (χ0) is 15.3. The predicted molar refractivity (Wildman–Crippen MR) is 77.8 cm³/mol. The molecule has 1 N–H and O–H groups in total. The molecule has 0 heterocycles. The highest BCUT2D eigenvalue weighted by atomic mass is 16.6. The van der Waals surface area contributed by atoms with E-state index in [2.05, 4.69) is 5.32 Å². The number of nitrogens with one attached hydrogen (secondary N) is 1. The molecule has 1 aromatic carbocycles. The monoisotopic (exact) mass is 282 g/mol. The van der Waals surface area contributed by atoms with Crippen molar-refractivity contribution in [2.45, 2.75) is 32.7 Å². The molecule has 0 saturated heterocycles. The standard InChI is InChI=1S/C14H22N2O4/c1-6-15-10(3)9(2)11-7-13(19-4)14(20-5)8-12(11)16(17)18/h7-10,15H,6H2,1-5H3. The lowest BCUT2D eigenvalue weighted by Crippen LogP contribution is -2.30. The second-order valence-corrected chi connectivity index (χ2v) is 4.66. The number of nitrogens with zero attached hydrogens (tertiary/aromatic N) is 1. The van der Waals surface area contributed by atoms with Crippen LogP contribution in [0.15, 0.2) is 12.1 Å². The van der Waals surface area contributed by atoms with Gasteiger partial charge in [-0.1, -0.05) is 13.8 Å². The lowest BCUT2D eigenvalue weighted by atomic mass is 9.92. The van der Waals surface area contributed by atoms with Crippen LogP contribution >= 0.6 is 0 Å². The Balaban J connectivity index is 3.31. The number of likely N-dealkylation sites (N-methyl/N-ethyl adjacent to an activating group) is 1. The van der Waals surface area contributed by atoms with Gasteiger partial charge in [0.1, 0.15) is 0 Å². The largest absolute Gasteiger partial charge is 0.493 e. The number of nitro benzene ring substituents is 1. The van der Waals surface area contributed by atoms with Crippen LogP contribution in [0.25, 0.3) is 0 Å². The van der Waals surface area contributed by atoms with Gasteiger partial charge in [0.05, 0.1) is 25.2 Å². The maximum absolute atomic E-state index is 11.3. The van der Waals surface area contributed by atoms with Gasteiger partial charge in [-0.05, 0) is 19.5 Å². The van der Waals surface area contributed by atoms with Gasteiger partial charge in [-0.25, -0.2) is 0 Å². The van der Waals surface area contributed by atoms with Gasteiger partial charge in [-0.2, -0.15) is 0 Å². The predicted octanol–water partition coefficient (Wildman–Crippen LogP) is 2.71. The smallest absolute Gasteiger partial charge is 0.276 e. The number of methoxy groups -OCH3 is 2. The van der Waals surface area contributed by atoms with E-state index in [1.807, 2.05) is 20.8 Å². The van der Waals surface area contributed by atoms with Gasteiger partial charge in [0.25, 0.3) is 5.69 Å². The molecule has 2 unspecified atom stereocenters. The van der Waals surface area contributed by atoms with Crippen molar-refractivity contribution in [1.82, 2.24) is 5.32 Å². The summed E-state index contributed by atoms with van der Waals surface area (Å²) in [5.74, 6) is 0.852. The van der Waals surface area contributed by atoms with E-state index in [4.69, 9.17) is 9.47 Å². The van der Waals surface area contributed by atoms with Crippen LogP contribution in [-0.2, 0) is 0 Å². The maximum atomic E-state index is 11.3. The number of nitro groups is 1. The minimum atomic E-state index is -0.382. The first-order chi connectivity index (χ1) is 9.46. The van der Waals surface area contributed by atoms with Crippen LogP contribution in [0.4, 0.5) is 5.69 Å². The molecule has 6 heteroatoms. The maximum Gasteiger partial charge on any atom is 0.276 e. The van der Waals surface area contributed by atoms with Crippen LogP contribution in [0, 0.1) is 10.1 Å². The van der Waals surface area contributed by atoms with Crippen LogP contribution in [0.1, 0.15) is 32.3 Å². The van der Waals surface area contributed by atoms with Crippen molar-refractivity contribution < 1.29 is 14.4 Å². The van der Waals surface area contributed by atoms with Crippen molar-refractivity contribution in [3.63, 3.8) is 0 Å². The summed E-state index contributed by atoms with van der Waals surface area (Å²) in [6, 6.07) is 3.23. The fraction of sp³-hybridized carbons (Fsp3) is 0.571. The average molecular weight is 282 g/mol. The fourth-order valence-electron chi connectivity index (χ4n) is 2.17. The van der Waals surface area contributed by atoms with Crippen LogP contribution in [-0.4, -0.2) is 31.7 Å².